The van der Waals surface area contributed by atoms with Crippen molar-refractivity contribution < 1.29 is 4.79 Å². The Morgan fingerprint density at radius 1 is 1.58 bits per heavy atom. The van der Waals surface area contributed by atoms with E-state index in [0.717, 1.165) is 10.9 Å². The molecule has 2 N–H and O–H groups in total. The third-order valence-electron chi connectivity index (χ3n) is 2.41. The van der Waals surface area contributed by atoms with Gasteiger partial charge in [0.15, 0.2) is 5.16 Å². The Labute approximate surface area is 115 Å². The van der Waals surface area contributed by atoms with Gasteiger partial charge >= 0.3 is 0 Å². The van der Waals surface area contributed by atoms with Crippen LogP contribution < -0.4 is 5.32 Å². The number of nitrogens with one attached hydrogen (secondary N) is 2. The second-order valence-electron chi connectivity index (χ2n) is 4.20. The average molecular weight is 280 g/mol. The Hall–Kier alpha value is -1.83. The minimum Gasteiger partial charge on any atom is -0.351 e. The number of H-pyrrole nitrogens is 1. The van der Waals surface area contributed by atoms with Crippen LogP contribution in [0.25, 0.3) is 0 Å². The summed E-state index contributed by atoms with van der Waals surface area (Å²) in [6.07, 6.45) is 4.80. The van der Waals surface area contributed by atoms with Crippen LogP contribution in [0.5, 0.6) is 0 Å². The molecule has 1 amide bonds. The molecule has 7 nitrogen and oxygen atoms in total. The fraction of sp³-hybridized carbons (Fsp3) is 0.455. The van der Waals surface area contributed by atoms with E-state index in [-0.39, 0.29) is 11.9 Å². The van der Waals surface area contributed by atoms with E-state index in [1.54, 1.807) is 17.1 Å². The summed E-state index contributed by atoms with van der Waals surface area (Å²) in [5.74, 6) is 0.629. The number of aromatic nitrogens is 5. The van der Waals surface area contributed by atoms with E-state index in [1.807, 2.05) is 13.8 Å². The van der Waals surface area contributed by atoms with Crippen molar-refractivity contribution in [2.24, 2.45) is 0 Å². The fourth-order valence-electron chi connectivity index (χ4n) is 1.42. The van der Waals surface area contributed by atoms with Gasteiger partial charge in [-0.15, -0.1) is 0 Å². The SMILES string of the molecule is CC(C)n1cc(C(=O)NCCSc2ncn[nH]2)cn1. The zero-order chi connectivity index (χ0) is 13.7. The molecule has 0 aliphatic carbocycles. The quantitative estimate of drug-likeness (QED) is 0.611. The van der Waals surface area contributed by atoms with Crippen LogP contribution >= 0.6 is 11.8 Å². The topological polar surface area (TPSA) is 88.5 Å². The molecule has 0 fully saturated rings. The first kappa shape index (κ1) is 13.6. The molecule has 0 unspecified atom stereocenters. The molecule has 0 aliphatic heterocycles. The Balaban J connectivity index is 1.74. The van der Waals surface area contributed by atoms with E-state index in [9.17, 15) is 4.79 Å². The van der Waals surface area contributed by atoms with E-state index in [0.29, 0.717) is 12.1 Å². The van der Waals surface area contributed by atoms with Gasteiger partial charge in [0.1, 0.15) is 6.33 Å². The van der Waals surface area contributed by atoms with Crippen LogP contribution in [-0.4, -0.2) is 43.2 Å². The van der Waals surface area contributed by atoms with Gasteiger partial charge in [-0.05, 0) is 13.8 Å². The second kappa shape index (κ2) is 6.37. The monoisotopic (exact) mass is 280 g/mol. The molecule has 0 saturated heterocycles. The van der Waals surface area contributed by atoms with Crippen LogP contribution in [0.2, 0.25) is 0 Å². The molecule has 19 heavy (non-hydrogen) atoms. The normalized spacial score (nSPS) is 10.9. The van der Waals surface area contributed by atoms with Gasteiger partial charge in [0, 0.05) is 24.5 Å². The number of thioether (sulfide) groups is 1. The first-order valence-electron chi connectivity index (χ1n) is 5.97. The molecule has 2 heterocycles. The first-order chi connectivity index (χ1) is 9.16. The average Bonchev–Trinajstić information content (AvgIpc) is 3.05. The lowest BCUT2D eigenvalue weighted by Gasteiger charge is -2.04. The number of carbonyl (C=O) groups is 1. The Morgan fingerprint density at radius 2 is 2.42 bits per heavy atom. The third-order valence-corrected chi connectivity index (χ3v) is 3.29. The summed E-state index contributed by atoms with van der Waals surface area (Å²) < 4.78 is 1.76. The van der Waals surface area contributed by atoms with Crippen LogP contribution in [0.15, 0.2) is 23.9 Å². The fourth-order valence-corrected chi connectivity index (χ4v) is 2.05. The molecule has 2 aromatic heterocycles. The maximum atomic E-state index is 11.8. The van der Waals surface area contributed by atoms with E-state index in [2.05, 4.69) is 25.6 Å². The number of hydrogen-bond acceptors (Lipinski definition) is 5. The van der Waals surface area contributed by atoms with Crippen molar-refractivity contribution in [2.75, 3.05) is 12.3 Å². The molecular formula is C11H16N6OS. The summed E-state index contributed by atoms with van der Waals surface area (Å²) in [5, 5.41) is 14.2. The summed E-state index contributed by atoms with van der Waals surface area (Å²) in [4.78, 5) is 15.8. The maximum Gasteiger partial charge on any atom is 0.254 e. The molecule has 0 aromatic carbocycles. The van der Waals surface area contributed by atoms with E-state index >= 15 is 0 Å². The van der Waals surface area contributed by atoms with Crippen LogP contribution in [0.1, 0.15) is 30.2 Å². The second-order valence-corrected chi connectivity index (χ2v) is 5.28. The minimum atomic E-state index is -0.106. The molecule has 0 saturated carbocycles. The highest BCUT2D eigenvalue weighted by Crippen LogP contribution is 2.09. The van der Waals surface area contributed by atoms with Gasteiger partial charge in [0.2, 0.25) is 0 Å². The lowest BCUT2D eigenvalue weighted by molar-refractivity contribution is 0.0956. The predicted octanol–water partition coefficient (Wildman–Crippen LogP) is 1.10. The molecule has 0 aliphatic rings. The minimum absolute atomic E-state index is 0.106. The van der Waals surface area contributed by atoms with Crippen LogP contribution in [0.4, 0.5) is 0 Å². The smallest absolute Gasteiger partial charge is 0.254 e. The molecule has 8 heteroatoms. The zero-order valence-corrected chi connectivity index (χ0v) is 11.6. The predicted molar refractivity (Wildman–Crippen MR) is 72.1 cm³/mol. The van der Waals surface area contributed by atoms with Crippen LogP contribution in [-0.2, 0) is 0 Å². The van der Waals surface area contributed by atoms with Gasteiger partial charge in [0.05, 0.1) is 11.8 Å². The Kier molecular flexibility index (Phi) is 4.56. The summed E-state index contributed by atoms with van der Waals surface area (Å²) in [7, 11) is 0. The van der Waals surface area contributed by atoms with E-state index in [4.69, 9.17) is 0 Å². The summed E-state index contributed by atoms with van der Waals surface area (Å²) in [6, 6.07) is 0.253. The molecule has 0 atom stereocenters. The van der Waals surface area contributed by atoms with E-state index in [1.165, 1.54) is 18.1 Å². The van der Waals surface area contributed by atoms with Crippen molar-refractivity contribution in [2.45, 2.75) is 25.0 Å². The molecule has 0 radical (unpaired) electrons. The lowest BCUT2D eigenvalue weighted by atomic mass is 10.3. The molecule has 102 valence electrons. The van der Waals surface area contributed by atoms with Crippen LogP contribution in [0.3, 0.4) is 0 Å². The number of hydrogen-bond donors (Lipinski definition) is 2. The molecule has 2 rings (SSSR count). The number of aromatic amines is 1. The maximum absolute atomic E-state index is 11.8. The van der Waals surface area contributed by atoms with Gasteiger partial charge < -0.3 is 5.32 Å². The standard InChI is InChI=1S/C11H16N6OS/c1-8(2)17-6-9(5-15-17)10(18)12-3-4-19-11-13-7-14-16-11/h5-8H,3-4H2,1-2H3,(H,12,18)(H,13,14,16). The highest BCUT2D eigenvalue weighted by Gasteiger charge is 2.09. The number of rotatable bonds is 6. The molecular weight excluding hydrogens is 264 g/mol. The van der Waals surface area contributed by atoms with E-state index < -0.39 is 0 Å². The van der Waals surface area contributed by atoms with Gasteiger partial charge in [-0.1, -0.05) is 11.8 Å². The Morgan fingerprint density at radius 3 is 3.05 bits per heavy atom. The number of nitrogens with zero attached hydrogens (tertiary/aromatic N) is 4. The van der Waals surface area contributed by atoms with Gasteiger partial charge in [0.25, 0.3) is 5.91 Å². The highest BCUT2D eigenvalue weighted by molar-refractivity contribution is 7.99. The molecule has 0 bridgehead atoms. The van der Waals surface area contributed by atoms with Gasteiger partial charge in [-0.2, -0.15) is 10.2 Å². The van der Waals surface area contributed by atoms with Crippen molar-refractivity contribution in [3.63, 3.8) is 0 Å². The van der Waals surface area contributed by atoms with Crippen molar-refractivity contribution in [3.8, 4) is 0 Å². The lowest BCUT2D eigenvalue weighted by Crippen LogP contribution is -2.25. The van der Waals surface area contributed by atoms with Crippen molar-refractivity contribution in [3.05, 3.63) is 24.3 Å². The Bertz CT molecular complexity index is 521. The van der Waals surface area contributed by atoms with Gasteiger partial charge in [-0.25, -0.2) is 4.98 Å². The molecule has 2 aromatic rings. The van der Waals surface area contributed by atoms with Gasteiger partial charge in [-0.3, -0.25) is 14.6 Å². The summed E-state index contributed by atoms with van der Waals surface area (Å²) in [5.41, 5.74) is 0.582. The number of carbonyl (C=O) groups excluding carboxylic acids is 1. The largest absolute Gasteiger partial charge is 0.351 e. The zero-order valence-electron chi connectivity index (χ0n) is 10.8. The van der Waals surface area contributed by atoms with Crippen molar-refractivity contribution >= 4 is 17.7 Å². The highest BCUT2D eigenvalue weighted by atomic mass is 32.2. The van der Waals surface area contributed by atoms with Crippen LogP contribution in [0, 0.1) is 0 Å². The first-order valence-corrected chi connectivity index (χ1v) is 6.96. The van der Waals surface area contributed by atoms with Crippen molar-refractivity contribution in [1.29, 1.82) is 0 Å². The van der Waals surface area contributed by atoms with Crippen molar-refractivity contribution in [1.82, 2.24) is 30.3 Å². The molecule has 0 spiro atoms. The third kappa shape index (κ3) is 3.82. The summed E-state index contributed by atoms with van der Waals surface area (Å²) >= 11 is 1.51. The summed E-state index contributed by atoms with van der Waals surface area (Å²) in [6.45, 7) is 4.60. The number of amides is 1.